The Morgan fingerprint density at radius 2 is 1.62 bits per heavy atom. The van der Waals surface area contributed by atoms with E-state index in [1.54, 1.807) is 13.8 Å². The van der Waals surface area contributed by atoms with Gasteiger partial charge in [-0.05, 0) is 13.8 Å². The summed E-state index contributed by atoms with van der Waals surface area (Å²) < 4.78 is 28.1. The van der Waals surface area contributed by atoms with Crippen LogP contribution in [0.4, 0.5) is 0 Å². The van der Waals surface area contributed by atoms with Crippen molar-refractivity contribution in [1.82, 2.24) is 4.90 Å². The third-order valence-corrected chi connectivity index (χ3v) is 2.26. The Balaban J connectivity index is 3.15. The molecule has 1 heterocycles. The second-order valence-corrected chi connectivity index (χ2v) is 4.07. The Kier molecular flexibility index (Phi) is 2.16. The zero-order valence-corrected chi connectivity index (χ0v) is 8.11. The van der Waals surface area contributed by atoms with Crippen molar-refractivity contribution in [3.05, 3.63) is 0 Å². The van der Waals surface area contributed by atoms with Gasteiger partial charge in [-0.3, -0.25) is 4.90 Å². The van der Waals surface area contributed by atoms with Gasteiger partial charge in [0, 0.05) is 6.04 Å². The van der Waals surface area contributed by atoms with Crippen molar-refractivity contribution < 1.29 is 8.42 Å². The van der Waals surface area contributed by atoms with Crippen LogP contribution in [0.1, 0.15) is 13.8 Å². The Morgan fingerprint density at radius 3 is 1.92 bits per heavy atom. The van der Waals surface area contributed by atoms with E-state index < -0.39 is 10.2 Å². The lowest BCUT2D eigenvalue weighted by atomic mass is 10.3. The molecule has 0 aromatic carbocycles. The molecular formula is C5H11N5O2S. The van der Waals surface area contributed by atoms with Crippen molar-refractivity contribution in [2.24, 2.45) is 20.3 Å². The maximum Gasteiger partial charge on any atom is 0.369 e. The van der Waals surface area contributed by atoms with E-state index >= 15 is 0 Å². The second-order valence-electron chi connectivity index (χ2n) is 2.81. The van der Waals surface area contributed by atoms with Gasteiger partial charge >= 0.3 is 10.2 Å². The molecule has 0 unspecified atom stereocenters. The van der Waals surface area contributed by atoms with Gasteiger partial charge in [-0.2, -0.15) is 8.42 Å². The first-order valence-electron chi connectivity index (χ1n) is 3.58. The van der Waals surface area contributed by atoms with E-state index in [0.717, 1.165) is 0 Å². The molecule has 8 heteroatoms. The molecule has 0 radical (unpaired) electrons. The molecular weight excluding hydrogens is 194 g/mol. The van der Waals surface area contributed by atoms with Gasteiger partial charge in [0.25, 0.3) is 0 Å². The van der Waals surface area contributed by atoms with Crippen molar-refractivity contribution in [1.29, 1.82) is 0 Å². The van der Waals surface area contributed by atoms with Crippen LogP contribution in [0.2, 0.25) is 0 Å². The van der Waals surface area contributed by atoms with Crippen LogP contribution < -0.4 is 11.5 Å². The van der Waals surface area contributed by atoms with Crippen LogP contribution in [0, 0.1) is 0 Å². The quantitative estimate of drug-likeness (QED) is 0.545. The molecule has 0 amide bonds. The highest BCUT2D eigenvalue weighted by Crippen LogP contribution is 2.07. The van der Waals surface area contributed by atoms with Crippen molar-refractivity contribution >= 4 is 22.1 Å². The highest BCUT2D eigenvalue weighted by molar-refractivity contribution is 7.89. The van der Waals surface area contributed by atoms with E-state index in [0.29, 0.717) is 0 Å². The summed E-state index contributed by atoms with van der Waals surface area (Å²) in [4.78, 5) is 1.33. The molecule has 0 aromatic rings. The predicted octanol–water partition coefficient (Wildman–Crippen LogP) is -1.42. The van der Waals surface area contributed by atoms with Crippen molar-refractivity contribution in [2.45, 2.75) is 19.9 Å². The van der Waals surface area contributed by atoms with Gasteiger partial charge in [-0.25, -0.2) is 0 Å². The van der Waals surface area contributed by atoms with Crippen LogP contribution in [0.3, 0.4) is 0 Å². The van der Waals surface area contributed by atoms with Crippen LogP contribution in [0.15, 0.2) is 8.80 Å². The molecule has 1 aliphatic heterocycles. The van der Waals surface area contributed by atoms with Gasteiger partial charge < -0.3 is 11.5 Å². The molecule has 74 valence electrons. The van der Waals surface area contributed by atoms with Gasteiger partial charge in [0.15, 0.2) is 0 Å². The average Bonchev–Trinajstić information content (AvgIpc) is 1.78. The molecule has 0 fully saturated rings. The van der Waals surface area contributed by atoms with Crippen LogP contribution in [0.25, 0.3) is 0 Å². The summed E-state index contributed by atoms with van der Waals surface area (Å²) in [6.45, 7) is 3.59. The van der Waals surface area contributed by atoms with Gasteiger partial charge in [-0.1, -0.05) is 0 Å². The van der Waals surface area contributed by atoms with Gasteiger partial charge in [0.2, 0.25) is 11.9 Å². The second kappa shape index (κ2) is 2.87. The van der Waals surface area contributed by atoms with Crippen molar-refractivity contribution in [3.63, 3.8) is 0 Å². The molecule has 0 saturated carbocycles. The van der Waals surface area contributed by atoms with E-state index in [1.165, 1.54) is 4.90 Å². The Labute approximate surface area is 76.3 Å². The molecule has 0 aliphatic carbocycles. The lowest BCUT2D eigenvalue weighted by molar-refractivity contribution is 0.487. The zero-order valence-electron chi connectivity index (χ0n) is 7.30. The topological polar surface area (TPSA) is 114 Å². The van der Waals surface area contributed by atoms with E-state index in [9.17, 15) is 8.42 Å². The average molecular weight is 205 g/mol. The smallest absolute Gasteiger partial charge is 0.368 e. The van der Waals surface area contributed by atoms with E-state index in [4.69, 9.17) is 11.5 Å². The van der Waals surface area contributed by atoms with Crippen molar-refractivity contribution in [3.8, 4) is 0 Å². The summed E-state index contributed by atoms with van der Waals surface area (Å²) >= 11 is 0. The number of hydrogen-bond acceptors (Lipinski definition) is 5. The van der Waals surface area contributed by atoms with E-state index in [2.05, 4.69) is 8.80 Å². The fourth-order valence-electron chi connectivity index (χ4n) is 0.991. The minimum atomic E-state index is -3.86. The third-order valence-electron chi connectivity index (χ3n) is 1.43. The first kappa shape index (κ1) is 9.78. The standard InChI is InChI=1S/C5H11N5O2S/c1-3(2)10-4(6)8-13(11,12)9-5(10)7/h3H,1-2H3,(H2,6,8)(H2,7,9). The van der Waals surface area contributed by atoms with Crippen LogP contribution in [-0.2, 0) is 10.2 Å². The predicted molar refractivity (Wildman–Crippen MR) is 49.1 cm³/mol. The zero-order chi connectivity index (χ0) is 10.2. The minimum absolute atomic E-state index is 0.0806. The lowest BCUT2D eigenvalue weighted by Gasteiger charge is -2.27. The summed E-state index contributed by atoms with van der Waals surface area (Å²) in [6, 6.07) is -0.0806. The highest BCUT2D eigenvalue weighted by Gasteiger charge is 2.25. The molecule has 13 heavy (non-hydrogen) atoms. The summed E-state index contributed by atoms with van der Waals surface area (Å²) in [5, 5.41) is 0. The number of nitrogens with two attached hydrogens (primary N) is 2. The SMILES string of the molecule is CC(C)N1C(N)=NS(=O)(=O)N=C1N. The van der Waals surface area contributed by atoms with Crippen molar-refractivity contribution in [2.75, 3.05) is 0 Å². The van der Waals surface area contributed by atoms with Gasteiger partial charge in [-0.15, -0.1) is 8.80 Å². The monoisotopic (exact) mass is 205 g/mol. The Morgan fingerprint density at radius 1 is 1.23 bits per heavy atom. The summed E-state index contributed by atoms with van der Waals surface area (Å²) in [6.07, 6.45) is 0. The van der Waals surface area contributed by atoms with Crippen LogP contribution >= 0.6 is 0 Å². The molecule has 1 aliphatic rings. The summed E-state index contributed by atoms with van der Waals surface area (Å²) in [7, 11) is -3.86. The number of rotatable bonds is 1. The molecule has 1 rings (SSSR count). The summed E-state index contributed by atoms with van der Waals surface area (Å²) in [5.74, 6) is -0.301. The van der Waals surface area contributed by atoms with E-state index in [1.807, 2.05) is 0 Å². The van der Waals surface area contributed by atoms with Gasteiger partial charge in [0.1, 0.15) is 0 Å². The first-order valence-corrected chi connectivity index (χ1v) is 4.98. The highest BCUT2D eigenvalue weighted by atomic mass is 32.2. The maximum absolute atomic E-state index is 10.9. The number of hydrogen-bond donors (Lipinski definition) is 2. The number of nitrogens with zero attached hydrogens (tertiary/aromatic N) is 3. The lowest BCUT2D eigenvalue weighted by Crippen LogP contribution is -2.52. The molecule has 0 bridgehead atoms. The molecule has 4 N–H and O–H groups in total. The molecule has 0 atom stereocenters. The minimum Gasteiger partial charge on any atom is -0.368 e. The fourth-order valence-corrected chi connectivity index (χ4v) is 1.68. The third kappa shape index (κ3) is 1.89. The van der Waals surface area contributed by atoms with Crippen LogP contribution in [-0.4, -0.2) is 31.3 Å². The summed E-state index contributed by atoms with van der Waals surface area (Å²) in [5.41, 5.74) is 10.8. The largest absolute Gasteiger partial charge is 0.369 e. The maximum atomic E-state index is 10.9. The normalized spacial score (nSPS) is 21.3. The fraction of sp³-hybridized carbons (Fsp3) is 0.600. The number of guanidine groups is 2. The van der Waals surface area contributed by atoms with Gasteiger partial charge in [0.05, 0.1) is 0 Å². The molecule has 0 saturated heterocycles. The first-order chi connectivity index (χ1) is 5.83. The Bertz CT molecular complexity index is 342. The molecule has 0 aromatic heterocycles. The Hall–Kier alpha value is -1.31. The molecule has 0 spiro atoms. The van der Waals surface area contributed by atoms with Crippen LogP contribution in [0.5, 0.6) is 0 Å². The van der Waals surface area contributed by atoms with E-state index in [-0.39, 0.29) is 18.0 Å². The molecule has 7 nitrogen and oxygen atoms in total.